The van der Waals surface area contributed by atoms with Gasteiger partial charge >= 0.3 is 0 Å². The molecule has 1 aliphatic rings. The van der Waals surface area contributed by atoms with Crippen LogP contribution in [0.5, 0.6) is 0 Å². The Bertz CT molecular complexity index is 1270. The average Bonchev–Trinajstić information content (AvgIpc) is 2.74. The van der Waals surface area contributed by atoms with Crippen molar-refractivity contribution in [2.24, 2.45) is 0 Å². The van der Waals surface area contributed by atoms with E-state index in [1.807, 2.05) is 18.2 Å². The van der Waals surface area contributed by atoms with Crippen molar-refractivity contribution in [2.75, 3.05) is 26.2 Å². The molecule has 1 N–H and O–H groups in total. The fourth-order valence-electron chi connectivity index (χ4n) is 3.32. The standard InChI is InChI=1S/C20H19BrN2O4S2/c21-17-3-1-16-14-20(4-2-15(16)13-17)28(24,25)18-5-7-19(8-6-18)29(26,27)23-11-9-22-10-12-23/h1-8,13-14,22H,9-12H2. The van der Waals surface area contributed by atoms with Gasteiger partial charge in [0.2, 0.25) is 19.9 Å². The Labute approximate surface area is 178 Å². The Balaban J connectivity index is 1.66. The number of sulfonamides is 1. The molecule has 0 aliphatic carbocycles. The summed E-state index contributed by atoms with van der Waals surface area (Å²) in [5.41, 5.74) is 0. The Morgan fingerprint density at radius 1 is 0.724 bits per heavy atom. The van der Waals surface area contributed by atoms with Gasteiger partial charge in [0.1, 0.15) is 0 Å². The number of rotatable bonds is 4. The lowest BCUT2D eigenvalue weighted by Crippen LogP contribution is -2.46. The summed E-state index contributed by atoms with van der Waals surface area (Å²) in [5.74, 6) is 0. The van der Waals surface area contributed by atoms with Gasteiger partial charge in [-0.2, -0.15) is 4.31 Å². The van der Waals surface area contributed by atoms with Crippen molar-refractivity contribution in [2.45, 2.75) is 14.7 Å². The molecule has 6 nitrogen and oxygen atoms in total. The number of halogens is 1. The molecule has 3 aromatic rings. The molecule has 0 aromatic heterocycles. The molecular weight excluding hydrogens is 476 g/mol. The normalized spacial score (nSPS) is 16.2. The van der Waals surface area contributed by atoms with E-state index in [4.69, 9.17) is 0 Å². The molecule has 1 fully saturated rings. The number of fused-ring (bicyclic) bond motifs is 1. The fraction of sp³-hybridized carbons (Fsp3) is 0.200. The third-order valence-corrected chi connectivity index (χ3v) is 9.11. The van der Waals surface area contributed by atoms with E-state index < -0.39 is 19.9 Å². The summed E-state index contributed by atoms with van der Waals surface area (Å²) in [7, 11) is -7.39. The van der Waals surface area contributed by atoms with Crippen LogP contribution in [-0.4, -0.2) is 47.3 Å². The number of piperazine rings is 1. The van der Waals surface area contributed by atoms with Crippen LogP contribution in [0.4, 0.5) is 0 Å². The number of nitrogens with one attached hydrogen (secondary N) is 1. The van der Waals surface area contributed by atoms with Gasteiger partial charge in [0.05, 0.1) is 14.7 Å². The number of sulfone groups is 1. The summed E-state index contributed by atoms with van der Waals surface area (Å²) in [5, 5.41) is 4.85. The first kappa shape index (κ1) is 20.5. The lowest BCUT2D eigenvalue weighted by Gasteiger charge is -2.26. The van der Waals surface area contributed by atoms with E-state index in [1.165, 1.54) is 28.6 Å². The first-order chi connectivity index (χ1) is 13.8. The van der Waals surface area contributed by atoms with Gasteiger partial charge in [0.25, 0.3) is 0 Å². The molecule has 0 atom stereocenters. The molecule has 1 aliphatic heterocycles. The molecule has 9 heteroatoms. The molecule has 0 amide bonds. The van der Waals surface area contributed by atoms with Crippen LogP contribution in [0, 0.1) is 0 Å². The second kappa shape index (κ2) is 7.81. The van der Waals surface area contributed by atoms with Gasteiger partial charge in [-0.1, -0.05) is 28.1 Å². The third-order valence-electron chi connectivity index (χ3n) is 4.93. The minimum Gasteiger partial charge on any atom is -0.314 e. The van der Waals surface area contributed by atoms with Crippen LogP contribution < -0.4 is 5.32 Å². The minimum atomic E-state index is -3.76. The van der Waals surface area contributed by atoms with Crippen LogP contribution in [-0.2, 0) is 19.9 Å². The van der Waals surface area contributed by atoms with E-state index in [2.05, 4.69) is 21.2 Å². The quantitative estimate of drug-likeness (QED) is 0.602. The van der Waals surface area contributed by atoms with Crippen LogP contribution in [0.25, 0.3) is 10.8 Å². The fourth-order valence-corrected chi connectivity index (χ4v) is 6.44. The summed E-state index contributed by atoms with van der Waals surface area (Å²) in [6.45, 7) is 2.00. The van der Waals surface area contributed by atoms with E-state index in [9.17, 15) is 16.8 Å². The summed E-state index contributed by atoms with van der Waals surface area (Å²) in [4.78, 5) is 0.333. The third kappa shape index (κ3) is 3.97. The molecular formula is C20H19BrN2O4S2. The van der Waals surface area contributed by atoms with Crippen LogP contribution in [0.2, 0.25) is 0 Å². The van der Waals surface area contributed by atoms with Crippen molar-refractivity contribution in [1.29, 1.82) is 0 Å². The monoisotopic (exact) mass is 494 g/mol. The first-order valence-corrected chi connectivity index (χ1v) is 12.8. The SMILES string of the molecule is O=S(=O)(c1ccc(S(=O)(=O)N2CCNCC2)cc1)c1ccc2cc(Br)ccc2c1. The summed E-state index contributed by atoms with van der Waals surface area (Å²) in [6, 6.07) is 16.0. The molecule has 1 saturated heterocycles. The first-order valence-electron chi connectivity index (χ1n) is 9.04. The number of benzene rings is 3. The predicted octanol–water partition coefficient (Wildman–Crippen LogP) is 3.03. The van der Waals surface area contributed by atoms with Gasteiger partial charge in [-0.25, -0.2) is 16.8 Å². The Morgan fingerprint density at radius 3 is 1.97 bits per heavy atom. The molecule has 0 spiro atoms. The van der Waals surface area contributed by atoms with Gasteiger partial charge in [-0.05, 0) is 59.3 Å². The van der Waals surface area contributed by atoms with Gasteiger partial charge in [-0.3, -0.25) is 0 Å². The molecule has 0 unspecified atom stereocenters. The lowest BCUT2D eigenvalue weighted by molar-refractivity contribution is 0.360. The van der Waals surface area contributed by atoms with E-state index in [0.29, 0.717) is 26.2 Å². The highest BCUT2D eigenvalue weighted by Gasteiger charge is 2.26. The van der Waals surface area contributed by atoms with E-state index >= 15 is 0 Å². The minimum absolute atomic E-state index is 0.0632. The van der Waals surface area contributed by atoms with Crippen molar-refractivity contribution >= 4 is 46.6 Å². The van der Waals surface area contributed by atoms with E-state index in [1.54, 1.807) is 18.2 Å². The average molecular weight is 495 g/mol. The van der Waals surface area contributed by atoms with Crippen molar-refractivity contribution in [3.05, 3.63) is 65.1 Å². The molecule has 4 rings (SSSR count). The highest BCUT2D eigenvalue weighted by molar-refractivity contribution is 9.10. The summed E-state index contributed by atoms with van der Waals surface area (Å²) < 4.78 is 53.9. The smallest absolute Gasteiger partial charge is 0.243 e. The zero-order valence-electron chi connectivity index (χ0n) is 15.4. The van der Waals surface area contributed by atoms with Gasteiger partial charge < -0.3 is 5.32 Å². The lowest BCUT2D eigenvalue weighted by atomic mass is 10.1. The maximum atomic E-state index is 13.0. The maximum absolute atomic E-state index is 13.0. The molecule has 0 bridgehead atoms. The second-order valence-corrected chi connectivity index (χ2v) is 11.6. The predicted molar refractivity (Wildman–Crippen MR) is 115 cm³/mol. The number of hydrogen-bond donors (Lipinski definition) is 1. The van der Waals surface area contributed by atoms with Crippen molar-refractivity contribution in [3.63, 3.8) is 0 Å². The van der Waals surface area contributed by atoms with E-state index in [0.717, 1.165) is 15.2 Å². The topological polar surface area (TPSA) is 83.5 Å². The number of hydrogen-bond acceptors (Lipinski definition) is 5. The van der Waals surface area contributed by atoms with Crippen molar-refractivity contribution in [1.82, 2.24) is 9.62 Å². The van der Waals surface area contributed by atoms with E-state index in [-0.39, 0.29) is 14.7 Å². The van der Waals surface area contributed by atoms with Crippen LogP contribution in [0.3, 0.4) is 0 Å². The summed E-state index contributed by atoms with van der Waals surface area (Å²) >= 11 is 3.40. The highest BCUT2D eigenvalue weighted by Crippen LogP contribution is 2.27. The van der Waals surface area contributed by atoms with Crippen LogP contribution in [0.15, 0.2) is 79.8 Å². The Hall–Kier alpha value is -1.78. The van der Waals surface area contributed by atoms with Gasteiger partial charge in [0, 0.05) is 30.7 Å². The Kier molecular flexibility index (Phi) is 5.52. The summed E-state index contributed by atoms with van der Waals surface area (Å²) in [6.07, 6.45) is 0. The molecule has 29 heavy (non-hydrogen) atoms. The number of nitrogens with zero attached hydrogens (tertiary/aromatic N) is 1. The second-order valence-electron chi connectivity index (χ2n) is 6.78. The van der Waals surface area contributed by atoms with Crippen LogP contribution in [0.1, 0.15) is 0 Å². The largest absolute Gasteiger partial charge is 0.314 e. The van der Waals surface area contributed by atoms with Crippen molar-refractivity contribution in [3.8, 4) is 0 Å². The van der Waals surface area contributed by atoms with Gasteiger partial charge in [-0.15, -0.1) is 0 Å². The molecule has 0 saturated carbocycles. The Morgan fingerprint density at radius 2 is 1.28 bits per heavy atom. The molecule has 152 valence electrons. The molecule has 3 aromatic carbocycles. The molecule has 1 heterocycles. The zero-order valence-corrected chi connectivity index (χ0v) is 18.6. The maximum Gasteiger partial charge on any atom is 0.243 e. The van der Waals surface area contributed by atoms with Gasteiger partial charge in [0.15, 0.2) is 0 Å². The van der Waals surface area contributed by atoms with Crippen LogP contribution >= 0.6 is 15.9 Å². The van der Waals surface area contributed by atoms with Crippen molar-refractivity contribution < 1.29 is 16.8 Å². The molecule has 0 radical (unpaired) electrons. The zero-order chi connectivity index (χ0) is 20.6. The highest BCUT2D eigenvalue weighted by atomic mass is 79.9.